The molecule has 1 aliphatic rings. The highest BCUT2D eigenvalue weighted by molar-refractivity contribution is 5.61. The molecule has 0 atom stereocenters. The molecule has 2 rings (SSSR count). The minimum Gasteiger partial charge on any atom is -0.398 e. The van der Waals surface area contributed by atoms with Crippen molar-refractivity contribution >= 4 is 11.5 Å². The molecule has 1 aromatic heterocycles. The molecular formula is C11H17N3. The Kier molecular flexibility index (Phi) is 2.32. The van der Waals surface area contributed by atoms with Crippen LogP contribution in [0, 0.1) is 0 Å². The fourth-order valence-corrected chi connectivity index (χ4v) is 1.79. The van der Waals surface area contributed by atoms with Gasteiger partial charge in [-0.25, -0.2) is 4.98 Å². The molecule has 0 spiro atoms. The zero-order valence-electron chi connectivity index (χ0n) is 8.80. The molecule has 1 aromatic rings. The Morgan fingerprint density at radius 1 is 1.50 bits per heavy atom. The van der Waals surface area contributed by atoms with Crippen LogP contribution in [0.25, 0.3) is 0 Å². The van der Waals surface area contributed by atoms with Crippen LogP contribution >= 0.6 is 0 Å². The summed E-state index contributed by atoms with van der Waals surface area (Å²) in [4.78, 5) is 4.58. The molecule has 76 valence electrons. The van der Waals surface area contributed by atoms with E-state index >= 15 is 0 Å². The zero-order chi connectivity index (χ0) is 10.1. The summed E-state index contributed by atoms with van der Waals surface area (Å²) >= 11 is 0. The van der Waals surface area contributed by atoms with Gasteiger partial charge in [-0.05, 0) is 24.8 Å². The summed E-state index contributed by atoms with van der Waals surface area (Å²) in [5.41, 5.74) is 9.17. The Labute approximate surface area is 84.7 Å². The predicted molar refractivity (Wildman–Crippen MR) is 59.5 cm³/mol. The van der Waals surface area contributed by atoms with E-state index in [4.69, 9.17) is 5.73 Å². The first-order valence-corrected chi connectivity index (χ1v) is 5.21. The van der Waals surface area contributed by atoms with Crippen LogP contribution in [0.4, 0.5) is 11.5 Å². The lowest BCUT2D eigenvalue weighted by Gasteiger charge is -2.20. The van der Waals surface area contributed by atoms with Crippen LogP contribution in [-0.2, 0) is 6.42 Å². The normalized spacial score (nSPS) is 15.1. The highest BCUT2D eigenvalue weighted by atomic mass is 15.0. The Bertz CT molecular complexity index is 345. The maximum absolute atomic E-state index is 6.00. The number of rotatable bonds is 1. The van der Waals surface area contributed by atoms with Crippen molar-refractivity contribution in [2.75, 3.05) is 17.6 Å². The van der Waals surface area contributed by atoms with Crippen LogP contribution in [0.2, 0.25) is 0 Å². The van der Waals surface area contributed by atoms with Crippen molar-refractivity contribution in [3.8, 4) is 0 Å². The van der Waals surface area contributed by atoms with Crippen molar-refractivity contribution < 1.29 is 0 Å². The van der Waals surface area contributed by atoms with E-state index < -0.39 is 0 Å². The van der Waals surface area contributed by atoms with Crippen molar-refractivity contribution in [2.24, 2.45) is 0 Å². The van der Waals surface area contributed by atoms with E-state index in [2.05, 4.69) is 24.1 Å². The summed E-state index contributed by atoms with van der Waals surface area (Å²) in [5, 5.41) is 3.31. The van der Waals surface area contributed by atoms with Gasteiger partial charge in [-0.15, -0.1) is 0 Å². The minimum absolute atomic E-state index is 0.436. The van der Waals surface area contributed by atoms with Gasteiger partial charge in [0.2, 0.25) is 0 Å². The Balaban J connectivity index is 2.46. The molecule has 3 heteroatoms. The van der Waals surface area contributed by atoms with E-state index in [0.717, 1.165) is 36.6 Å². The molecule has 0 amide bonds. The molecule has 0 aliphatic carbocycles. The lowest BCUT2D eigenvalue weighted by Crippen LogP contribution is -2.16. The summed E-state index contributed by atoms with van der Waals surface area (Å²) in [6, 6.07) is 2.01. The fourth-order valence-electron chi connectivity index (χ4n) is 1.79. The smallest absolute Gasteiger partial charge is 0.131 e. The van der Waals surface area contributed by atoms with Crippen LogP contribution in [0.5, 0.6) is 0 Å². The Morgan fingerprint density at radius 2 is 2.29 bits per heavy atom. The molecule has 0 saturated heterocycles. The molecule has 0 unspecified atom stereocenters. The molecule has 0 fully saturated rings. The molecule has 0 saturated carbocycles. The van der Waals surface area contributed by atoms with Gasteiger partial charge in [0, 0.05) is 23.5 Å². The lowest BCUT2D eigenvalue weighted by molar-refractivity contribution is 0.786. The summed E-state index contributed by atoms with van der Waals surface area (Å²) in [7, 11) is 0. The third kappa shape index (κ3) is 1.54. The third-order valence-corrected chi connectivity index (χ3v) is 2.67. The number of nitrogens with two attached hydrogens (primary N) is 1. The number of aromatic nitrogens is 1. The number of nitrogens with zero attached hydrogens (tertiary/aromatic N) is 1. The zero-order valence-corrected chi connectivity index (χ0v) is 8.80. The molecule has 3 nitrogen and oxygen atoms in total. The number of hydrogen-bond acceptors (Lipinski definition) is 3. The quantitative estimate of drug-likeness (QED) is 0.715. The summed E-state index contributed by atoms with van der Waals surface area (Å²) in [6.07, 6.45) is 2.21. The van der Waals surface area contributed by atoms with E-state index in [1.54, 1.807) is 0 Å². The average molecular weight is 191 g/mol. The van der Waals surface area contributed by atoms with Gasteiger partial charge in [0.25, 0.3) is 0 Å². The first kappa shape index (κ1) is 9.31. The molecular weight excluding hydrogens is 174 g/mol. The molecule has 3 N–H and O–H groups in total. The van der Waals surface area contributed by atoms with Gasteiger partial charge in [0.05, 0.1) is 0 Å². The van der Waals surface area contributed by atoms with Gasteiger partial charge in [-0.3, -0.25) is 0 Å². The number of hydrogen-bond donors (Lipinski definition) is 2. The van der Waals surface area contributed by atoms with Crippen molar-refractivity contribution in [1.29, 1.82) is 0 Å². The average Bonchev–Trinajstić information content (AvgIpc) is 2.17. The van der Waals surface area contributed by atoms with Crippen LogP contribution in [0.1, 0.15) is 37.4 Å². The van der Waals surface area contributed by atoms with Crippen LogP contribution in [-0.4, -0.2) is 11.5 Å². The summed E-state index contributed by atoms with van der Waals surface area (Å²) in [5.74, 6) is 1.44. The molecule has 0 bridgehead atoms. The Morgan fingerprint density at radius 3 is 3.00 bits per heavy atom. The van der Waals surface area contributed by atoms with E-state index in [9.17, 15) is 0 Å². The SMILES string of the molecule is CC(C)c1cc(N)c2c(n1)NCCC2. The number of anilines is 2. The van der Waals surface area contributed by atoms with Crippen molar-refractivity contribution in [3.63, 3.8) is 0 Å². The molecule has 14 heavy (non-hydrogen) atoms. The number of pyridine rings is 1. The topological polar surface area (TPSA) is 50.9 Å². The summed E-state index contributed by atoms with van der Waals surface area (Å²) < 4.78 is 0. The standard InChI is InChI=1S/C11H17N3/c1-7(2)10-6-9(12)8-4-3-5-13-11(8)14-10/h6-7H,3-5H2,1-2H3,(H3,12,13,14). The number of nitrogens with one attached hydrogen (secondary N) is 1. The second-order valence-corrected chi connectivity index (χ2v) is 4.15. The predicted octanol–water partition coefficient (Wildman–Crippen LogP) is 2.15. The number of fused-ring (bicyclic) bond motifs is 1. The van der Waals surface area contributed by atoms with Crippen LogP contribution in [0.15, 0.2) is 6.07 Å². The van der Waals surface area contributed by atoms with Gasteiger partial charge < -0.3 is 11.1 Å². The van der Waals surface area contributed by atoms with Gasteiger partial charge in [0.1, 0.15) is 5.82 Å². The second kappa shape index (κ2) is 3.48. The third-order valence-electron chi connectivity index (χ3n) is 2.67. The molecule has 0 radical (unpaired) electrons. The highest BCUT2D eigenvalue weighted by Gasteiger charge is 2.15. The van der Waals surface area contributed by atoms with Crippen LogP contribution < -0.4 is 11.1 Å². The molecule has 0 aromatic carbocycles. The number of nitrogen functional groups attached to an aromatic ring is 1. The van der Waals surface area contributed by atoms with Gasteiger partial charge in [-0.2, -0.15) is 0 Å². The van der Waals surface area contributed by atoms with Gasteiger partial charge in [0.15, 0.2) is 0 Å². The molecule has 2 heterocycles. The van der Waals surface area contributed by atoms with Crippen molar-refractivity contribution in [1.82, 2.24) is 4.98 Å². The molecule has 1 aliphatic heterocycles. The Hall–Kier alpha value is -1.25. The van der Waals surface area contributed by atoms with Gasteiger partial charge in [-0.1, -0.05) is 13.8 Å². The van der Waals surface area contributed by atoms with Crippen LogP contribution in [0.3, 0.4) is 0 Å². The largest absolute Gasteiger partial charge is 0.398 e. The lowest BCUT2D eigenvalue weighted by atomic mass is 10.0. The van der Waals surface area contributed by atoms with Gasteiger partial charge >= 0.3 is 0 Å². The highest BCUT2D eigenvalue weighted by Crippen LogP contribution is 2.28. The summed E-state index contributed by atoms with van der Waals surface area (Å²) in [6.45, 7) is 5.29. The maximum atomic E-state index is 6.00. The van der Waals surface area contributed by atoms with Crippen molar-refractivity contribution in [2.45, 2.75) is 32.6 Å². The maximum Gasteiger partial charge on any atom is 0.131 e. The minimum atomic E-state index is 0.436. The first-order chi connectivity index (χ1) is 6.68. The second-order valence-electron chi connectivity index (χ2n) is 4.15. The van der Waals surface area contributed by atoms with E-state index in [-0.39, 0.29) is 0 Å². The first-order valence-electron chi connectivity index (χ1n) is 5.21. The van der Waals surface area contributed by atoms with E-state index in [1.807, 2.05) is 6.07 Å². The monoisotopic (exact) mass is 191 g/mol. The van der Waals surface area contributed by atoms with E-state index in [1.165, 1.54) is 5.56 Å². The van der Waals surface area contributed by atoms with Crippen molar-refractivity contribution in [3.05, 3.63) is 17.3 Å². The van der Waals surface area contributed by atoms with E-state index in [0.29, 0.717) is 5.92 Å². The fraction of sp³-hybridized carbons (Fsp3) is 0.545.